The van der Waals surface area contributed by atoms with Crippen molar-refractivity contribution in [3.8, 4) is 0 Å². The molecule has 0 amide bonds. The van der Waals surface area contributed by atoms with Crippen molar-refractivity contribution in [3.63, 3.8) is 0 Å². The van der Waals surface area contributed by atoms with Gasteiger partial charge in [-0.1, -0.05) is 13.8 Å². The first-order chi connectivity index (χ1) is 6.14. The molecular weight excluding hydrogens is 166 g/mol. The lowest BCUT2D eigenvalue weighted by Crippen LogP contribution is -2.33. The zero-order valence-electron chi connectivity index (χ0n) is 8.71. The average Bonchev–Trinajstić information content (AvgIpc) is 2.17. The Morgan fingerprint density at radius 3 is 2.54 bits per heavy atom. The molecule has 1 saturated heterocycles. The summed E-state index contributed by atoms with van der Waals surface area (Å²) >= 11 is 0. The molecule has 0 aromatic carbocycles. The molecule has 0 bridgehead atoms. The summed E-state index contributed by atoms with van der Waals surface area (Å²) in [6, 6.07) is 0. The second kappa shape index (κ2) is 4.94. The molecule has 0 spiro atoms. The summed E-state index contributed by atoms with van der Waals surface area (Å²) in [6.07, 6.45) is 2.45. The molecule has 0 saturated carbocycles. The van der Waals surface area contributed by atoms with Crippen LogP contribution in [0, 0.1) is 5.41 Å². The van der Waals surface area contributed by atoms with E-state index in [1.54, 1.807) is 0 Å². The van der Waals surface area contributed by atoms with E-state index in [2.05, 4.69) is 13.8 Å². The second-order valence-corrected chi connectivity index (χ2v) is 4.49. The monoisotopic (exact) mass is 187 g/mol. The van der Waals surface area contributed by atoms with Crippen LogP contribution in [0.2, 0.25) is 0 Å². The standard InChI is InChI=1S/C10H21NO2/c1-10(2,7-11)8-13-9-3-5-12-6-4-9/h9H,3-8,11H2,1-2H3. The van der Waals surface area contributed by atoms with Crippen molar-refractivity contribution in [2.75, 3.05) is 26.4 Å². The maximum absolute atomic E-state index is 5.78. The molecule has 0 aromatic heterocycles. The quantitative estimate of drug-likeness (QED) is 0.718. The van der Waals surface area contributed by atoms with E-state index < -0.39 is 0 Å². The van der Waals surface area contributed by atoms with Crippen molar-refractivity contribution in [3.05, 3.63) is 0 Å². The molecule has 1 aliphatic heterocycles. The Kier molecular flexibility index (Phi) is 4.16. The number of hydrogen-bond donors (Lipinski definition) is 1. The third-order valence-corrected chi connectivity index (χ3v) is 2.43. The van der Waals surface area contributed by atoms with Crippen LogP contribution in [0.15, 0.2) is 0 Å². The average molecular weight is 187 g/mol. The number of ether oxygens (including phenoxy) is 2. The lowest BCUT2D eigenvalue weighted by atomic mass is 9.95. The largest absolute Gasteiger partial charge is 0.381 e. The normalized spacial score (nSPS) is 20.5. The van der Waals surface area contributed by atoms with Crippen LogP contribution in [0.4, 0.5) is 0 Å². The molecule has 13 heavy (non-hydrogen) atoms. The summed E-state index contributed by atoms with van der Waals surface area (Å²) in [4.78, 5) is 0. The van der Waals surface area contributed by atoms with Crippen molar-refractivity contribution in [1.29, 1.82) is 0 Å². The maximum Gasteiger partial charge on any atom is 0.0619 e. The smallest absolute Gasteiger partial charge is 0.0619 e. The molecule has 1 heterocycles. The SMILES string of the molecule is CC(C)(CN)COC1CCOCC1. The fourth-order valence-electron chi connectivity index (χ4n) is 1.24. The molecule has 0 aromatic rings. The van der Waals surface area contributed by atoms with Crippen molar-refractivity contribution in [2.45, 2.75) is 32.8 Å². The van der Waals surface area contributed by atoms with Gasteiger partial charge in [0.1, 0.15) is 0 Å². The molecule has 0 unspecified atom stereocenters. The fourth-order valence-corrected chi connectivity index (χ4v) is 1.24. The van der Waals surface area contributed by atoms with Gasteiger partial charge in [-0.05, 0) is 19.4 Å². The Balaban J connectivity index is 2.17. The van der Waals surface area contributed by atoms with Crippen LogP contribution in [-0.4, -0.2) is 32.5 Å². The van der Waals surface area contributed by atoms with Gasteiger partial charge in [0.15, 0.2) is 0 Å². The molecule has 1 fully saturated rings. The molecule has 0 radical (unpaired) electrons. The fraction of sp³-hybridized carbons (Fsp3) is 1.00. The highest BCUT2D eigenvalue weighted by Gasteiger charge is 2.20. The van der Waals surface area contributed by atoms with Crippen LogP contribution in [0.25, 0.3) is 0 Å². The van der Waals surface area contributed by atoms with Gasteiger partial charge in [-0.2, -0.15) is 0 Å². The highest BCUT2D eigenvalue weighted by Crippen LogP contribution is 2.17. The van der Waals surface area contributed by atoms with E-state index in [1.807, 2.05) is 0 Å². The third kappa shape index (κ3) is 4.07. The van der Waals surface area contributed by atoms with Crippen LogP contribution in [0.1, 0.15) is 26.7 Å². The molecule has 3 nitrogen and oxygen atoms in total. The summed E-state index contributed by atoms with van der Waals surface area (Å²) in [7, 11) is 0. The van der Waals surface area contributed by atoms with Gasteiger partial charge >= 0.3 is 0 Å². The van der Waals surface area contributed by atoms with Crippen molar-refractivity contribution in [2.24, 2.45) is 11.1 Å². The van der Waals surface area contributed by atoms with Gasteiger partial charge in [-0.15, -0.1) is 0 Å². The summed E-state index contributed by atoms with van der Waals surface area (Å²) in [6.45, 7) is 7.38. The topological polar surface area (TPSA) is 44.5 Å². The highest BCUT2D eigenvalue weighted by atomic mass is 16.5. The first kappa shape index (κ1) is 11.0. The minimum atomic E-state index is 0.109. The van der Waals surface area contributed by atoms with Gasteiger partial charge in [-0.25, -0.2) is 0 Å². The van der Waals surface area contributed by atoms with Crippen molar-refractivity contribution in [1.82, 2.24) is 0 Å². The molecule has 0 aliphatic carbocycles. The van der Waals surface area contributed by atoms with E-state index in [9.17, 15) is 0 Å². The lowest BCUT2D eigenvalue weighted by Gasteiger charge is -2.28. The van der Waals surface area contributed by atoms with Crippen LogP contribution >= 0.6 is 0 Å². The van der Waals surface area contributed by atoms with Gasteiger partial charge in [0.2, 0.25) is 0 Å². The zero-order valence-corrected chi connectivity index (χ0v) is 8.71. The van der Waals surface area contributed by atoms with Gasteiger partial charge in [-0.3, -0.25) is 0 Å². The predicted molar refractivity (Wildman–Crippen MR) is 52.6 cm³/mol. The van der Waals surface area contributed by atoms with Gasteiger partial charge in [0.05, 0.1) is 12.7 Å². The van der Waals surface area contributed by atoms with E-state index >= 15 is 0 Å². The first-order valence-electron chi connectivity index (χ1n) is 5.03. The molecule has 1 rings (SSSR count). The van der Waals surface area contributed by atoms with Crippen molar-refractivity contribution < 1.29 is 9.47 Å². The third-order valence-electron chi connectivity index (χ3n) is 2.43. The van der Waals surface area contributed by atoms with E-state index in [0.29, 0.717) is 12.6 Å². The van der Waals surface area contributed by atoms with Crippen LogP contribution < -0.4 is 5.73 Å². The van der Waals surface area contributed by atoms with Crippen LogP contribution in [-0.2, 0) is 9.47 Å². The summed E-state index contributed by atoms with van der Waals surface area (Å²) < 4.78 is 11.0. The highest BCUT2D eigenvalue weighted by molar-refractivity contribution is 4.70. The molecule has 2 N–H and O–H groups in total. The van der Waals surface area contributed by atoms with E-state index in [-0.39, 0.29) is 5.41 Å². The summed E-state index contributed by atoms with van der Waals surface area (Å²) in [5.41, 5.74) is 5.73. The molecule has 1 aliphatic rings. The van der Waals surface area contributed by atoms with Crippen LogP contribution in [0.3, 0.4) is 0 Å². The molecular formula is C10H21NO2. The Labute approximate surface area is 80.6 Å². The Morgan fingerprint density at radius 2 is 2.00 bits per heavy atom. The van der Waals surface area contributed by atoms with E-state index in [4.69, 9.17) is 15.2 Å². The van der Waals surface area contributed by atoms with E-state index in [0.717, 1.165) is 32.7 Å². The zero-order chi connectivity index (χ0) is 9.73. The Morgan fingerprint density at radius 1 is 1.38 bits per heavy atom. The minimum absolute atomic E-state index is 0.109. The molecule has 3 heteroatoms. The predicted octanol–water partition coefficient (Wildman–Crippen LogP) is 1.17. The minimum Gasteiger partial charge on any atom is -0.381 e. The lowest BCUT2D eigenvalue weighted by molar-refractivity contribution is -0.0542. The molecule has 0 atom stereocenters. The number of nitrogens with two attached hydrogens (primary N) is 1. The first-order valence-corrected chi connectivity index (χ1v) is 5.03. The number of hydrogen-bond acceptors (Lipinski definition) is 3. The van der Waals surface area contributed by atoms with E-state index in [1.165, 1.54) is 0 Å². The van der Waals surface area contributed by atoms with Gasteiger partial charge in [0, 0.05) is 18.6 Å². The van der Waals surface area contributed by atoms with Gasteiger partial charge < -0.3 is 15.2 Å². The van der Waals surface area contributed by atoms with Gasteiger partial charge in [0.25, 0.3) is 0 Å². The Bertz CT molecular complexity index is 142. The second-order valence-electron chi connectivity index (χ2n) is 4.49. The molecule has 78 valence electrons. The van der Waals surface area contributed by atoms with Crippen molar-refractivity contribution >= 4 is 0 Å². The Hall–Kier alpha value is -0.120. The summed E-state index contributed by atoms with van der Waals surface area (Å²) in [5, 5.41) is 0. The summed E-state index contributed by atoms with van der Waals surface area (Å²) in [5.74, 6) is 0. The van der Waals surface area contributed by atoms with Crippen LogP contribution in [0.5, 0.6) is 0 Å². The maximum atomic E-state index is 5.78. The number of rotatable bonds is 4.